The van der Waals surface area contributed by atoms with Crippen molar-refractivity contribution in [2.75, 3.05) is 19.6 Å². The average Bonchev–Trinajstić information content (AvgIpc) is 2.37. The van der Waals surface area contributed by atoms with E-state index in [9.17, 15) is 9.59 Å². The van der Waals surface area contributed by atoms with E-state index in [-0.39, 0.29) is 18.4 Å². The Hall–Kier alpha value is -1.14. The van der Waals surface area contributed by atoms with Gasteiger partial charge in [-0.15, -0.1) is 0 Å². The van der Waals surface area contributed by atoms with Crippen molar-refractivity contribution >= 4 is 11.8 Å². The van der Waals surface area contributed by atoms with Gasteiger partial charge in [0.1, 0.15) is 0 Å². The van der Waals surface area contributed by atoms with E-state index in [0.717, 1.165) is 25.7 Å². The normalized spacial score (nSPS) is 11.9. The molecule has 0 aromatic carbocycles. The molecule has 1 atom stereocenters. The molecule has 0 fully saturated rings. The molecular formula is C12H26N4O2. The number of rotatable bonds is 10. The van der Waals surface area contributed by atoms with Crippen LogP contribution in [0.25, 0.3) is 0 Å². The molecular weight excluding hydrogens is 232 g/mol. The van der Waals surface area contributed by atoms with Crippen molar-refractivity contribution in [3.05, 3.63) is 0 Å². The van der Waals surface area contributed by atoms with Crippen molar-refractivity contribution in [1.82, 2.24) is 10.6 Å². The van der Waals surface area contributed by atoms with Crippen LogP contribution in [-0.4, -0.2) is 37.5 Å². The molecule has 18 heavy (non-hydrogen) atoms. The summed E-state index contributed by atoms with van der Waals surface area (Å²) in [6.07, 6.45) is 4.28. The van der Waals surface area contributed by atoms with Crippen LogP contribution in [0, 0.1) is 0 Å². The largest absolute Gasteiger partial charge is 0.355 e. The van der Waals surface area contributed by atoms with Gasteiger partial charge in [-0.3, -0.25) is 9.59 Å². The van der Waals surface area contributed by atoms with Crippen LogP contribution in [0.1, 0.15) is 39.0 Å². The lowest BCUT2D eigenvalue weighted by Gasteiger charge is -2.12. The molecule has 106 valence electrons. The Morgan fingerprint density at radius 2 is 1.78 bits per heavy atom. The maximum absolute atomic E-state index is 11.5. The van der Waals surface area contributed by atoms with Crippen LogP contribution in [0.5, 0.6) is 0 Å². The molecule has 0 heterocycles. The van der Waals surface area contributed by atoms with Crippen LogP contribution in [0.3, 0.4) is 0 Å². The summed E-state index contributed by atoms with van der Waals surface area (Å²) in [5.74, 6) is -0.244. The summed E-state index contributed by atoms with van der Waals surface area (Å²) < 4.78 is 0. The Balaban J connectivity index is 3.48. The SMILES string of the molecule is CCCCNC(=O)C(N)CCCCNC(=O)CN. The zero-order valence-corrected chi connectivity index (χ0v) is 11.2. The van der Waals surface area contributed by atoms with Gasteiger partial charge in [0.2, 0.25) is 11.8 Å². The fourth-order valence-corrected chi connectivity index (χ4v) is 1.44. The van der Waals surface area contributed by atoms with Gasteiger partial charge < -0.3 is 22.1 Å². The lowest BCUT2D eigenvalue weighted by molar-refractivity contribution is -0.122. The third-order valence-electron chi connectivity index (χ3n) is 2.62. The Kier molecular flexibility index (Phi) is 10.3. The van der Waals surface area contributed by atoms with Crippen LogP contribution in [0.4, 0.5) is 0 Å². The highest BCUT2D eigenvalue weighted by atomic mass is 16.2. The first-order valence-corrected chi connectivity index (χ1v) is 6.61. The van der Waals surface area contributed by atoms with Gasteiger partial charge in [0, 0.05) is 13.1 Å². The van der Waals surface area contributed by atoms with E-state index >= 15 is 0 Å². The molecule has 0 aromatic heterocycles. The minimum absolute atomic E-state index is 0.0132. The van der Waals surface area contributed by atoms with Crippen LogP contribution in [0.15, 0.2) is 0 Å². The Morgan fingerprint density at radius 3 is 2.39 bits per heavy atom. The molecule has 0 aromatic rings. The molecule has 6 N–H and O–H groups in total. The van der Waals surface area contributed by atoms with Gasteiger partial charge in [-0.2, -0.15) is 0 Å². The smallest absolute Gasteiger partial charge is 0.236 e. The van der Waals surface area contributed by atoms with Gasteiger partial charge in [-0.05, 0) is 25.7 Å². The van der Waals surface area contributed by atoms with E-state index in [2.05, 4.69) is 17.6 Å². The number of nitrogens with one attached hydrogen (secondary N) is 2. The zero-order chi connectivity index (χ0) is 13.8. The zero-order valence-electron chi connectivity index (χ0n) is 11.2. The molecule has 0 aliphatic rings. The number of hydrogen-bond acceptors (Lipinski definition) is 4. The summed E-state index contributed by atoms with van der Waals surface area (Å²) in [5.41, 5.74) is 10.9. The maximum Gasteiger partial charge on any atom is 0.236 e. The van der Waals surface area contributed by atoms with E-state index in [1.54, 1.807) is 0 Å². The molecule has 0 rings (SSSR count). The number of amides is 2. The monoisotopic (exact) mass is 258 g/mol. The number of hydrogen-bond donors (Lipinski definition) is 4. The first-order chi connectivity index (χ1) is 8.61. The first kappa shape index (κ1) is 16.9. The highest BCUT2D eigenvalue weighted by Gasteiger charge is 2.11. The summed E-state index contributed by atoms with van der Waals surface area (Å²) in [5, 5.41) is 5.47. The van der Waals surface area contributed by atoms with Crippen molar-refractivity contribution < 1.29 is 9.59 Å². The van der Waals surface area contributed by atoms with Gasteiger partial charge in [0.25, 0.3) is 0 Å². The van der Waals surface area contributed by atoms with Crippen LogP contribution >= 0.6 is 0 Å². The van der Waals surface area contributed by atoms with Crippen LogP contribution in [0.2, 0.25) is 0 Å². The molecule has 0 saturated heterocycles. The van der Waals surface area contributed by atoms with Crippen molar-refractivity contribution in [3.8, 4) is 0 Å². The molecule has 0 bridgehead atoms. The standard InChI is InChI=1S/C12H26N4O2/c1-2-3-7-16-12(18)10(14)6-4-5-8-15-11(17)9-13/h10H,2-9,13-14H2,1H3,(H,15,17)(H,16,18). The second-order valence-electron chi connectivity index (χ2n) is 4.30. The first-order valence-electron chi connectivity index (χ1n) is 6.61. The molecule has 2 amide bonds. The van der Waals surface area contributed by atoms with Gasteiger partial charge in [-0.1, -0.05) is 13.3 Å². The lowest BCUT2D eigenvalue weighted by atomic mass is 10.1. The van der Waals surface area contributed by atoms with Gasteiger partial charge >= 0.3 is 0 Å². The second kappa shape index (κ2) is 11.0. The van der Waals surface area contributed by atoms with Crippen molar-refractivity contribution in [1.29, 1.82) is 0 Å². The van der Waals surface area contributed by atoms with E-state index in [4.69, 9.17) is 11.5 Å². The molecule has 0 aliphatic carbocycles. The molecule has 0 aliphatic heterocycles. The molecule has 1 unspecified atom stereocenters. The van der Waals surface area contributed by atoms with Crippen LogP contribution in [-0.2, 0) is 9.59 Å². The number of nitrogens with two attached hydrogens (primary N) is 2. The number of carbonyl (C=O) groups excluding carboxylic acids is 2. The molecule has 0 radical (unpaired) electrons. The molecule has 0 spiro atoms. The Labute approximate surface area is 109 Å². The quantitative estimate of drug-likeness (QED) is 0.395. The summed E-state index contributed by atoms with van der Waals surface area (Å²) in [7, 11) is 0. The van der Waals surface area contributed by atoms with Gasteiger partial charge in [0.15, 0.2) is 0 Å². The molecule has 6 nitrogen and oxygen atoms in total. The lowest BCUT2D eigenvalue weighted by Crippen LogP contribution is -2.41. The van der Waals surface area contributed by atoms with Crippen molar-refractivity contribution in [3.63, 3.8) is 0 Å². The number of unbranched alkanes of at least 4 members (excludes halogenated alkanes) is 2. The second-order valence-corrected chi connectivity index (χ2v) is 4.30. The van der Waals surface area contributed by atoms with E-state index < -0.39 is 6.04 Å². The molecule has 0 saturated carbocycles. The Bertz CT molecular complexity index is 246. The predicted octanol–water partition coefficient (Wildman–Crippen LogP) is -0.525. The third-order valence-corrected chi connectivity index (χ3v) is 2.62. The fourth-order valence-electron chi connectivity index (χ4n) is 1.44. The average molecular weight is 258 g/mol. The van der Waals surface area contributed by atoms with Crippen molar-refractivity contribution in [2.24, 2.45) is 11.5 Å². The fraction of sp³-hybridized carbons (Fsp3) is 0.833. The minimum atomic E-state index is -0.452. The highest BCUT2D eigenvalue weighted by Crippen LogP contribution is 1.98. The van der Waals surface area contributed by atoms with E-state index in [1.807, 2.05) is 0 Å². The maximum atomic E-state index is 11.5. The number of carbonyl (C=O) groups is 2. The summed E-state index contributed by atoms with van der Waals surface area (Å²) in [4.78, 5) is 22.4. The highest BCUT2D eigenvalue weighted by molar-refractivity contribution is 5.81. The van der Waals surface area contributed by atoms with Gasteiger partial charge in [-0.25, -0.2) is 0 Å². The van der Waals surface area contributed by atoms with Gasteiger partial charge in [0.05, 0.1) is 12.6 Å². The summed E-state index contributed by atoms with van der Waals surface area (Å²) >= 11 is 0. The van der Waals surface area contributed by atoms with Crippen molar-refractivity contribution in [2.45, 2.75) is 45.1 Å². The summed E-state index contributed by atoms with van der Waals surface area (Å²) in [6, 6.07) is -0.452. The molecule has 6 heteroatoms. The topological polar surface area (TPSA) is 110 Å². The van der Waals surface area contributed by atoms with E-state index in [0.29, 0.717) is 19.5 Å². The van der Waals surface area contributed by atoms with Crippen LogP contribution < -0.4 is 22.1 Å². The minimum Gasteiger partial charge on any atom is -0.355 e. The predicted molar refractivity (Wildman–Crippen MR) is 71.8 cm³/mol. The summed E-state index contributed by atoms with van der Waals surface area (Å²) in [6.45, 7) is 3.36. The third kappa shape index (κ3) is 8.95. The van der Waals surface area contributed by atoms with E-state index in [1.165, 1.54) is 0 Å². The Morgan fingerprint density at radius 1 is 1.11 bits per heavy atom.